The summed E-state index contributed by atoms with van der Waals surface area (Å²) >= 11 is 0. The average molecular weight is 371 g/mol. The predicted octanol–water partition coefficient (Wildman–Crippen LogP) is 2.31. The molecule has 27 heavy (non-hydrogen) atoms. The first-order chi connectivity index (χ1) is 12.9. The normalized spacial score (nSPS) is 15.5. The van der Waals surface area contributed by atoms with Crippen molar-refractivity contribution in [3.05, 3.63) is 41.7 Å². The summed E-state index contributed by atoms with van der Waals surface area (Å²) in [5, 5.41) is 14.3. The molecule has 0 unspecified atom stereocenters. The molecule has 1 amide bonds. The summed E-state index contributed by atoms with van der Waals surface area (Å²) < 4.78 is 7.58. The molecule has 0 radical (unpaired) electrons. The van der Waals surface area contributed by atoms with Gasteiger partial charge in [-0.2, -0.15) is 0 Å². The summed E-state index contributed by atoms with van der Waals surface area (Å²) in [5.41, 5.74) is 1.65. The zero-order chi connectivity index (χ0) is 19.3. The number of hydrogen-bond donors (Lipinski definition) is 2. The first kappa shape index (κ1) is 19.4. The standard InChI is InChI=1S/C20H29N5O2/c1-20(2,3)15-5-4-6-17(13-15)27-12-11-22-19(26)18-14-25(24-23-18)16-7-9-21-10-8-16/h4-6,13-14,16,21H,7-12H2,1-3H3,(H,22,26). The van der Waals surface area contributed by atoms with Crippen LogP contribution in [-0.2, 0) is 5.41 Å². The van der Waals surface area contributed by atoms with Gasteiger partial charge in [-0.25, -0.2) is 4.68 Å². The van der Waals surface area contributed by atoms with E-state index < -0.39 is 0 Å². The van der Waals surface area contributed by atoms with Crippen LogP contribution in [0.3, 0.4) is 0 Å². The minimum absolute atomic E-state index is 0.0772. The molecule has 0 saturated carbocycles. The summed E-state index contributed by atoms with van der Waals surface area (Å²) in [6, 6.07) is 8.39. The fraction of sp³-hybridized carbons (Fsp3) is 0.550. The second kappa shape index (κ2) is 8.52. The van der Waals surface area contributed by atoms with Crippen molar-refractivity contribution in [3.63, 3.8) is 0 Å². The van der Waals surface area contributed by atoms with Crippen molar-refractivity contribution in [2.45, 2.75) is 45.1 Å². The van der Waals surface area contributed by atoms with Gasteiger partial charge < -0.3 is 15.4 Å². The number of piperidine rings is 1. The lowest BCUT2D eigenvalue weighted by Gasteiger charge is -2.22. The van der Waals surface area contributed by atoms with Gasteiger partial charge in [-0.3, -0.25) is 4.79 Å². The minimum atomic E-state index is -0.220. The maximum Gasteiger partial charge on any atom is 0.273 e. The van der Waals surface area contributed by atoms with Gasteiger partial charge in [0.15, 0.2) is 5.69 Å². The second-order valence-electron chi connectivity index (χ2n) is 7.95. The monoisotopic (exact) mass is 371 g/mol. The van der Waals surface area contributed by atoms with Crippen LogP contribution in [0.5, 0.6) is 5.75 Å². The SMILES string of the molecule is CC(C)(C)c1cccc(OCCNC(=O)c2cn(C3CCNCC3)nn2)c1. The van der Waals surface area contributed by atoms with Gasteiger partial charge in [0.05, 0.1) is 18.8 Å². The van der Waals surface area contributed by atoms with E-state index in [0.29, 0.717) is 24.9 Å². The second-order valence-corrected chi connectivity index (χ2v) is 7.95. The number of benzene rings is 1. The van der Waals surface area contributed by atoms with Crippen LogP contribution in [0, 0.1) is 0 Å². The maximum atomic E-state index is 12.2. The van der Waals surface area contributed by atoms with E-state index in [1.54, 1.807) is 6.20 Å². The number of rotatable bonds is 6. The van der Waals surface area contributed by atoms with Gasteiger partial charge in [0.2, 0.25) is 0 Å². The topological polar surface area (TPSA) is 81.1 Å². The summed E-state index contributed by atoms with van der Waals surface area (Å²) in [6.07, 6.45) is 3.75. The van der Waals surface area contributed by atoms with Crippen molar-refractivity contribution < 1.29 is 9.53 Å². The molecule has 1 aliphatic rings. The highest BCUT2D eigenvalue weighted by atomic mass is 16.5. The smallest absolute Gasteiger partial charge is 0.273 e. The molecule has 3 rings (SSSR count). The average Bonchev–Trinajstić information content (AvgIpc) is 3.16. The van der Waals surface area contributed by atoms with Crippen molar-refractivity contribution in [2.75, 3.05) is 26.2 Å². The molecule has 0 atom stereocenters. The van der Waals surface area contributed by atoms with E-state index in [1.807, 2.05) is 22.9 Å². The summed E-state index contributed by atoms with van der Waals surface area (Å²) in [6.45, 7) is 9.27. The Morgan fingerprint density at radius 2 is 2.11 bits per heavy atom. The summed E-state index contributed by atoms with van der Waals surface area (Å²) in [7, 11) is 0. The Morgan fingerprint density at radius 3 is 2.85 bits per heavy atom. The molecule has 7 nitrogen and oxygen atoms in total. The number of nitrogens with zero attached hydrogens (tertiary/aromatic N) is 3. The molecule has 2 heterocycles. The number of carbonyl (C=O) groups excluding carboxylic acids is 1. The van der Waals surface area contributed by atoms with Crippen molar-refractivity contribution >= 4 is 5.91 Å². The number of nitrogens with one attached hydrogen (secondary N) is 2. The first-order valence-corrected chi connectivity index (χ1v) is 9.57. The molecule has 1 aromatic heterocycles. The lowest BCUT2D eigenvalue weighted by atomic mass is 9.87. The lowest BCUT2D eigenvalue weighted by molar-refractivity contribution is 0.0942. The number of carbonyl (C=O) groups is 1. The van der Waals surface area contributed by atoms with Gasteiger partial charge in [0.1, 0.15) is 12.4 Å². The number of ether oxygens (including phenoxy) is 1. The molecule has 0 bridgehead atoms. The molecule has 2 aromatic rings. The third-order valence-corrected chi connectivity index (χ3v) is 4.78. The quantitative estimate of drug-likeness (QED) is 0.762. The Labute approximate surface area is 160 Å². The number of hydrogen-bond acceptors (Lipinski definition) is 5. The molecule has 0 spiro atoms. The number of amides is 1. The van der Waals surface area contributed by atoms with E-state index in [1.165, 1.54) is 5.56 Å². The molecule has 1 saturated heterocycles. The summed E-state index contributed by atoms with van der Waals surface area (Å²) in [5.74, 6) is 0.593. The molecular weight excluding hydrogens is 342 g/mol. The van der Waals surface area contributed by atoms with E-state index in [9.17, 15) is 4.79 Å². The fourth-order valence-electron chi connectivity index (χ4n) is 3.11. The van der Waals surface area contributed by atoms with Crippen LogP contribution in [-0.4, -0.2) is 47.1 Å². The molecule has 2 N–H and O–H groups in total. The Balaban J connectivity index is 1.45. The minimum Gasteiger partial charge on any atom is -0.492 e. The zero-order valence-electron chi connectivity index (χ0n) is 16.4. The molecule has 1 aliphatic heterocycles. The summed E-state index contributed by atoms with van der Waals surface area (Å²) in [4.78, 5) is 12.2. The highest BCUT2D eigenvalue weighted by molar-refractivity contribution is 5.91. The Morgan fingerprint density at radius 1 is 1.33 bits per heavy atom. The lowest BCUT2D eigenvalue weighted by Crippen LogP contribution is -2.30. The van der Waals surface area contributed by atoms with Crippen LogP contribution in [0.25, 0.3) is 0 Å². The molecule has 7 heteroatoms. The van der Waals surface area contributed by atoms with Crippen LogP contribution >= 0.6 is 0 Å². The highest BCUT2D eigenvalue weighted by Crippen LogP contribution is 2.25. The third-order valence-electron chi connectivity index (χ3n) is 4.78. The largest absolute Gasteiger partial charge is 0.492 e. The molecule has 1 aromatic carbocycles. The molecule has 1 fully saturated rings. The van der Waals surface area contributed by atoms with Crippen LogP contribution in [0.1, 0.15) is 55.7 Å². The van der Waals surface area contributed by atoms with E-state index >= 15 is 0 Å². The Bertz CT molecular complexity index is 760. The Hall–Kier alpha value is -2.41. The molecule has 146 valence electrons. The Kier molecular flexibility index (Phi) is 6.11. The first-order valence-electron chi connectivity index (χ1n) is 9.57. The van der Waals surface area contributed by atoms with E-state index in [0.717, 1.165) is 31.7 Å². The van der Waals surface area contributed by atoms with E-state index in [-0.39, 0.29) is 11.3 Å². The van der Waals surface area contributed by atoms with Crippen molar-refractivity contribution in [3.8, 4) is 5.75 Å². The van der Waals surface area contributed by atoms with E-state index in [2.05, 4.69) is 47.8 Å². The van der Waals surface area contributed by atoms with Gasteiger partial charge in [-0.1, -0.05) is 38.1 Å². The fourth-order valence-corrected chi connectivity index (χ4v) is 3.11. The van der Waals surface area contributed by atoms with Gasteiger partial charge in [0, 0.05) is 0 Å². The van der Waals surface area contributed by atoms with Crippen molar-refractivity contribution in [1.82, 2.24) is 25.6 Å². The predicted molar refractivity (Wildman–Crippen MR) is 104 cm³/mol. The zero-order valence-corrected chi connectivity index (χ0v) is 16.4. The molecular formula is C20H29N5O2. The van der Waals surface area contributed by atoms with Gasteiger partial charge in [0.25, 0.3) is 5.91 Å². The van der Waals surface area contributed by atoms with Crippen LogP contribution < -0.4 is 15.4 Å². The number of aromatic nitrogens is 3. The van der Waals surface area contributed by atoms with Gasteiger partial charge in [-0.15, -0.1) is 5.10 Å². The van der Waals surface area contributed by atoms with E-state index in [4.69, 9.17) is 4.74 Å². The van der Waals surface area contributed by atoms with Crippen molar-refractivity contribution in [1.29, 1.82) is 0 Å². The van der Waals surface area contributed by atoms with Gasteiger partial charge >= 0.3 is 0 Å². The third kappa shape index (κ3) is 5.29. The highest BCUT2D eigenvalue weighted by Gasteiger charge is 2.18. The van der Waals surface area contributed by atoms with Crippen LogP contribution in [0.2, 0.25) is 0 Å². The van der Waals surface area contributed by atoms with Crippen molar-refractivity contribution in [2.24, 2.45) is 0 Å². The molecule has 0 aliphatic carbocycles. The maximum absolute atomic E-state index is 12.2. The van der Waals surface area contributed by atoms with Gasteiger partial charge in [-0.05, 0) is 49.0 Å². The van der Waals surface area contributed by atoms with Crippen LogP contribution in [0.4, 0.5) is 0 Å². The van der Waals surface area contributed by atoms with Crippen LogP contribution in [0.15, 0.2) is 30.5 Å².